The molecule has 11 heavy (non-hydrogen) atoms. The zero-order chi connectivity index (χ0) is 7.68. The summed E-state index contributed by atoms with van der Waals surface area (Å²) in [5.74, 6) is 0.830. The van der Waals surface area contributed by atoms with Crippen molar-refractivity contribution in [1.82, 2.24) is 4.98 Å². The molecule has 0 unspecified atom stereocenters. The molecule has 1 nitrogen and oxygen atoms in total. The monoisotopic (exact) mass is 167 g/mol. The lowest BCUT2D eigenvalue weighted by atomic mass is 10.3. The molecular weight excluding hydrogens is 154 g/mol. The predicted molar refractivity (Wildman–Crippen MR) is 48.1 cm³/mol. The molecule has 1 saturated carbocycles. The maximum Gasteiger partial charge on any atom is 0.0928 e. The van der Waals surface area contributed by atoms with E-state index >= 15 is 0 Å². The molecule has 1 aromatic rings. The van der Waals surface area contributed by atoms with Gasteiger partial charge in [0.1, 0.15) is 0 Å². The molecule has 0 spiro atoms. The first kappa shape index (κ1) is 7.29. The Bertz CT molecular complexity index is 237. The van der Waals surface area contributed by atoms with Gasteiger partial charge in [-0.1, -0.05) is 6.92 Å². The van der Waals surface area contributed by atoms with Gasteiger partial charge >= 0.3 is 0 Å². The van der Waals surface area contributed by atoms with Crippen LogP contribution in [0, 0.1) is 0 Å². The standard InChI is InChI=1S/C9H13NS/c1-2-3-9-10-8(6-11-9)7-4-5-7/h6-7H,2-5H2,1H3. The Balaban J connectivity index is 2.06. The second-order valence-corrected chi connectivity index (χ2v) is 4.13. The Hall–Kier alpha value is -0.370. The quantitative estimate of drug-likeness (QED) is 0.674. The van der Waals surface area contributed by atoms with Crippen LogP contribution < -0.4 is 0 Å². The van der Waals surface area contributed by atoms with Crippen molar-refractivity contribution < 1.29 is 0 Å². The van der Waals surface area contributed by atoms with Crippen molar-refractivity contribution in [3.63, 3.8) is 0 Å². The highest BCUT2D eigenvalue weighted by atomic mass is 32.1. The second kappa shape index (κ2) is 2.94. The Kier molecular flexibility index (Phi) is 1.95. The van der Waals surface area contributed by atoms with Crippen molar-refractivity contribution in [2.75, 3.05) is 0 Å². The molecule has 0 bridgehead atoms. The smallest absolute Gasteiger partial charge is 0.0928 e. The van der Waals surface area contributed by atoms with Crippen molar-refractivity contribution >= 4 is 11.3 Å². The van der Waals surface area contributed by atoms with E-state index in [9.17, 15) is 0 Å². The maximum atomic E-state index is 4.58. The largest absolute Gasteiger partial charge is 0.246 e. The Morgan fingerprint density at radius 3 is 3.09 bits per heavy atom. The number of aryl methyl sites for hydroxylation is 1. The topological polar surface area (TPSA) is 12.9 Å². The summed E-state index contributed by atoms with van der Waals surface area (Å²) in [6, 6.07) is 0. The van der Waals surface area contributed by atoms with Crippen LogP contribution in [0.5, 0.6) is 0 Å². The summed E-state index contributed by atoms with van der Waals surface area (Å²) in [4.78, 5) is 4.58. The molecule has 0 atom stereocenters. The average Bonchev–Trinajstić information content (AvgIpc) is 2.75. The number of nitrogens with zero attached hydrogens (tertiary/aromatic N) is 1. The summed E-state index contributed by atoms with van der Waals surface area (Å²) in [6.45, 7) is 2.21. The summed E-state index contributed by atoms with van der Waals surface area (Å²) < 4.78 is 0. The van der Waals surface area contributed by atoms with Crippen molar-refractivity contribution in [2.45, 2.75) is 38.5 Å². The number of aromatic nitrogens is 1. The summed E-state index contributed by atoms with van der Waals surface area (Å²) in [5.41, 5.74) is 1.36. The Morgan fingerprint density at radius 1 is 1.64 bits per heavy atom. The van der Waals surface area contributed by atoms with Crippen LogP contribution in [0.4, 0.5) is 0 Å². The first-order valence-corrected chi connectivity index (χ1v) is 5.22. The molecule has 2 heteroatoms. The highest BCUT2D eigenvalue weighted by Crippen LogP contribution is 2.40. The third-order valence-electron chi connectivity index (χ3n) is 2.03. The minimum Gasteiger partial charge on any atom is -0.246 e. The summed E-state index contributed by atoms with van der Waals surface area (Å²) >= 11 is 1.83. The van der Waals surface area contributed by atoms with Crippen LogP contribution in [0.2, 0.25) is 0 Å². The van der Waals surface area contributed by atoms with Crippen LogP contribution in [0.25, 0.3) is 0 Å². The molecule has 0 amide bonds. The lowest BCUT2D eigenvalue weighted by molar-refractivity contribution is 0.891. The third-order valence-corrected chi connectivity index (χ3v) is 2.96. The van der Waals surface area contributed by atoms with E-state index in [0.717, 1.165) is 12.3 Å². The molecule has 1 aliphatic rings. The van der Waals surface area contributed by atoms with Crippen LogP contribution in [0.1, 0.15) is 42.8 Å². The minimum absolute atomic E-state index is 0.830. The van der Waals surface area contributed by atoms with E-state index in [2.05, 4.69) is 17.3 Å². The van der Waals surface area contributed by atoms with Crippen molar-refractivity contribution in [2.24, 2.45) is 0 Å². The van der Waals surface area contributed by atoms with Gasteiger partial charge < -0.3 is 0 Å². The molecule has 2 rings (SSSR count). The van der Waals surface area contributed by atoms with E-state index in [4.69, 9.17) is 0 Å². The molecule has 1 aliphatic carbocycles. The molecule has 1 heterocycles. The summed E-state index contributed by atoms with van der Waals surface area (Å²) in [5, 5.41) is 3.57. The zero-order valence-corrected chi connectivity index (χ0v) is 7.66. The number of hydrogen-bond donors (Lipinski definition) is 0. The van der Waals surface area contributed by atoms with Gasteiger partial charge in [0.15, 0.2) is 0 Å². The number of hydrogen-bond acceptors (Lipinski definition) is 2. The van der Waals surface area contributed by atoms with Gasteiger partial charge in [0.25, 0.3) is 0 Å². The second-order valence-electron chi connectivity index (χ2n) is 3.19. The molecular formula is C9H13NS. The number of rotatable bonds is 3. The van der Waals surface area contributed by atoms with E-state index in [-0.39, 0.29) is 0 Å². The van der Waals surface area contributed by atoms with Crippen LogP contribution in [-0.2, 0) is 6.42 Å². The molecule has 1 aromatic heterocycles. The van der Waals surface area contributed by atoms with E-state index in [0.29, 0.717) is 0 Å². The molecule has 0 aliphatic heterocycles. The lowest BCUT2D eigenvalue weighted by Crippen LogP contribution is -1.83. The SMILES string of the molecule is CCCc1nc(C2CC2)cs1. The predicted octanol–water partition coefficient (Wildman–Crippen LogP) is 2.97. The molecule has 0 saturated heterocycles. The minimum atomic E-state index is 0.830. The summed E-state index contributed by atoms with van der Waals surface area (Å²) in [7, 11) is 0. The van der Waals surface area contributed by atoms with E-state index in [1.54, 1.807) is 0 Å². The van der Waals surface area contributed by atoms with E-state index in [1.165, 1.54) is 30.0 Å². The first-order chi connectivity index (χ1) is 5.40. The highest BCUT2D eigenvalue weighted by Gasteiger charge is 2.25. The van der Waals surface area contributed by atoms with Gasteiger partial charge in [0, 0.05) is 11.3 Å². The normalized spacial score (nSPS) is 17.2. The van der Waals surface area contributed by atoms with Crippen LogP contribution in [-0.4, -0.2) is 4.98 Å². The Morgan fingerprint density at radius 2 is 2.45 bits per heavy atom. The van der Waals surface area contributed by atoms with E-state index in [1.807, 2.05) is 11.3 Å². The number of thiazole rings is 1. The van der Waals surface area contributed by atoms with Gasteiger partial charge in [0.2, 0.25) is 0 Å². The van der Waals surface area contributed by atoms with Gasteiger partial charge in [-0.15, -0.1) is 11.3 Å². The van der Waals surface area contributed by atoms with Crippen molar-refractivity contribution in [1.29, 1.82) is 0 Å². The molecule has 1 fully saturated rings. The van der Waals surface area contributed by atoms with Crippen LogP contribution >= 0.6 is 11.3 Å². The van der Waals surface area contributed by atoms with Gasteiger partial charge in [-0.3, -0.25) is 0 Å². The fourth-order valence-electron chi connectivity index (χ4n) is 1.22. The van der Waals surface area contributed by atoms with Crippen molar-refractivity contribution in [3.8, 4) is 0 Å². The van der Waals surface area contributed by atoms with Gasteiger partial charge in [0.05, 0.1) is 10.7 Å². The maximum absolute atomic E-state index is 4.58. The third kappa shape index (κ3) is 1.62. The van der Waals surface area contributed by atoms with Gasteiger partial charge in [-0.25, -0.2) is 4.98 Å². The average molecular weight is 167 g/mol. The summed E-state index contributed by atoms with van der Waals surface area (Å²) in [6.07, 6.45) is 5.12. The Labute approximate surface area is 71.5 Å². The van der Waals surface area contributed by atoms with E-state index < -0.39 is 0 Å². The van der Waals surface area contributed by atoms with Gasteiger partial charge in [-0.2, -0.15) is 0 Å². The lowest BCUT2D eigenvalue weighted by Gasteiger charge is -1.88. The molecule has 0 radical (unpaired) electrons. The van der Waals surface area contributed by atoms with Crippen LogP contribution in [0.3, 0.4) is 0 Å². The zero-order valence-electron chi connectivity index (χ0n) is 6.84. The van der Waals surface area contributed by atoms with Gasteiger partial charge in [-0.05, 0) is 25.7 Å². The highest BCUT2D eigenvalue weighted by molar-refractivity contribution is 7.09. The fraction of sp³-hybridized carbons (Fsp3) is 0.667. The molecule has 0 N–H and O–H groups in total. The van der Waals surface area contributed by atoms with Crippen LogP contribution in [0.15, 0.2) is 5.38 Å². The molecule has 60 valence electrons. The van der Waals surface area contributed by atoms with Crippen molar-refractivity contribution in [3.05, 3.63) is 16.1 Å². The first-order valence-electron chi connectivity index (χ1n) is 4.34. The molecule has 0 aromatic carbocycles. The fourth-order valence-corrected chi connectivity index (χ4v) is 2.20.